The molecule has 32 heavy (non-hydrogen) atoms. The molecule has 164 valence electrons. The number of pyridine rings is 1. The molecule has 8 nitrogen and oxygen atoms in total. The fourth-order valence-electron chi connectivity index (χ4n) is 3.43. The van der Waals surface area contributed by atoms with Crippen molar-refractivity contribution in [1.82, 2.24) is 9.99 Å². The van der Waals surface area contributed by atoms with Gasteiger partial charge in [0.1, 0.15) is 17.4 Å². The molecule has 0 saturated carbocycles. The normalized spacial score (nSPS) is 15.4. The van der Waals surface area contributed by atoms with Crippen molar-refractivity contribution in [2.24, 2.45) is 5.10 Å². The molecule has 4 rings (SSSR count). The third kappa shape index (κ3) is 4.54. The van der Waals surface area contributed by atoms with Crippen LogP contribution in [0.2, 0.25) is 0 Å². The Morgan fingerprint density at radius 3 is 2.69 bits per heavy atom. The predicted octanol–water partition coefficient (Wildman–Crippen LogP) is 3.92. The number of ether oxygens (including phenoxy) is 2. The van der Waals surface area contributed by atoms with Gasteiger partial charge in [0, 0.05) is 12.6 Å². The van der Waals surface area contributed by atoms with Gasteiger partial charge in [-0.25, -0.2) is 14.8 Å². The van der Waals surface area contributed by atoms with Crippen LogP contribution in [0.15, 0.2) is 70.5 Å². The van der Waals surface area contributed by atoms with Crippen molar-refractivity contribution < 1.29 is 23.5 Å². The standard InChI is InChI=1S/C24H23N3O5/c1-3-30-23-18(6-4-12-25-23)24(29)32-15-22(28)27-20(21-7-5-13-31-21)14-19(26-27)17-10-8-16(2)9-11-17/h4-13,20H,3,14-15H2,1-2H3. The maximum atomic E-state index is 13.0. The molecule has 0 N–H and O–H groups in total. The van der Waals surface area contributed by atoms with Gasteiger partial charge in [0.05, 0.1) is 18.6 Å². The summed E-state index contributed by atoms with van der Waals surface area (Å²) >= 11 is 0. The monoisotopic (exact) mass is 433 g/mol. The molecule has 2 aromatic heterocycles. The Morgan fingerprint density at radius 2 is 1.97 bits per heavy atom. The smallest absolute Gasteiger partial charge is 0.344 e. The molecule has 0 fully saturated rings. The number of rotatable bonds is 7. The SMILES string of the molecule is CCOc1ncccc1C(=O)OCC(=O)N1N=C(c2ccc(C)cc2)CC1c1ccco1. The maximum absolute atomic E-state index is 13.0. The van der Waals surface area contributed by atoms with Gasteiger partial charge in [0.2, 0.25) is 5.88 Å². The van der Waals surface area contributed by atoms with Crippen LogP contribution in [-0.2, 0) is 9.53 Å². The lowest BCUT2D eigenvalue weighted by molar-refractivity contribution is -0.136. The lowest BCUT2D eigenvalue weighted by Crippen LogP contribution is -2.31. The zero-order chi connectivity index (χ0) is 22.5. The van der Waals surface area contributed by atoms with E-state index >= 15 is 0 Å². The van der Waals surface area contributed by atoms with Crippen LogP contribution >= 0.6 is 0 Å². The molecule has 1 aliphatic rings. The highest BCUT2D eigenvalue weighted by atomic mass is 16.5. The highest BCUT2D eigenvalue weighted by Crippen LogP contribution is 2.33. The third-order valence-corrected chi connectivity index (χ3v) is 5.02. The van der Waals surface area contributed by atoms with Gasteiger partial charge in [-0.15, -0.1) is 0 Å². The molecule has 3 heterocycles. The van der Waals surface area contributed by atoms with Crippen molar-refractivity contribution in [3.63, 3.8) is 0 Å². The third-order valence-electron chi connectivity index (χ3n) is 5.02. The van der Waals surface area contributed by atoms with Gasteiger partial charge in [0.15, 0.2) is 6.61 Å². The Balaban J connectivity index is 1.51. The zero-order valence-corrected chi connectivity index (χ0v) is 17.9. The summed E-state index contributed by atoms with van der Waals surface area (Å²) < 4.78 is 16.2. The fourth-order valence-corrected chi connectivity index (χ4v) is 3.43. The first-order chi connectivity index (χ1) is 15.6. The van der Waals surface area contributed by atoms with E-state index in [0.717, 1.165) is 16.8 Å². The van der Waals surface area contributed by atoms with E-state index in [1.165, 1.54) is 11.2 Å². The summed E-state index contributed by atoms with van der Waals surface area (Å²) in [5.41, 5.74) is 2.99. The van der Waals surface area contributed by atoms with Gasteiger partial charge in [-0.2, -0.15) is 5.10 Å². The largest absolute Gasteiger partial charge is 0.477 e. The van der Waals surface area contributed by atoms with Crippen LogP contribution in [0.25, 0.3) is 0 Å². The Hall–Kier alpha value is -3.94. The molecule has 0 spiro atoms. The minimum atomic E-state index is -0.689. The van der Waals surface area contributed by atoms with Crippen molar-refractivity contribution in [2.45, 2.75) is 26.3 Å². The first kappa shape index (κ1) is 21.3. The van der Waals surface area contributed by atoms with Crippen LogP contribution in [0.5, 0.6) is 5.88 Å². The summed E-state index contributed by atoms with van der Waals surface area (Å²) in [4.78, 5) is 29.5. The first-order valence-corrected chi connectivity index (χ1v) is 10.3. The van der Waals surface area contributed by atoms with Gasteiger partial charge in [-0.3, -0.25) is 4.79 Å². The molecule has 1 aliphatic heterocycles. The topological polar surface area (TPSA) is 94.2 Å². The number of benzene rings is 1. The molecule has 3 aromatic rings. The summed E-state index contributed by atoms with van der Waals surface area (Å²) in [6.45, 7) is 3.68. The fraction of sp³-hybridized carbons (Fsp3) is 0.250. The zero-order valence-electron chi connectivity index (χ0n) is 17.9. The molecule has 1 aromatic carbocycles. The quantitative estimate of drug-likeness (QED) is 0.524. The molecule has 8 heteroatoms. The first-order valence-electron chi connectivity index (χ1n) is 10.3. The van der Waals surface area contributed by atoms with E-state index in [0.29, 0.717) is 18.8 Å². The number of nitrogens with zero attached hydrogens (tertiary/aromatic N) is 3. The van der Waals surface area contributed by atoms with E-state index in [1.807, 2.05) is 31.2 Å². The highest BCUT2D eigenvalue weighted by Gasteiger charge is 2.35. The summed E-state index contributed by atoms with van der Waals surface area (Å²) in [6.07, 6.45) is 3.57. The molecule has 0 radical (unpaired) electrons. The number of esters is 1. The second kappa shape index (κ2) is 9.47. The molecule has 1 unspecified atom stereocenters. The predicted molar refractivity (Wildman–Crippen MR) is 116 cm³/mol. The Kier molecular flexibility index (Phi) is 6.30. The van der Waals surface area contributed by atoms with Gasteiger partial charge in [0.25, 0.3) is 5.91 Å². The molecule has 0 bridgehead atoms. The molecule has 0 aliphatic carbocycles. The van der Waals surface area contributed by atoms with Crippen molar-refractivity contribution >= 4 is 17.6 Å². The summed E-state index contributed by atoms with van der Waals surface area (Å²) in [7, 11) is 0. The average molecular weight is 433 g/mol. The molecular weight excluding hydrogens is 410 g/mol. The Bertz CT molecular complexity index is 1120. The highest BCUT2D eigenvalue weighted by molar-refractivity contribution is 6.03. The van der Waals surface area contributed by atoms with E-state index < -0.39 is 24.5 Å². The van der Waals surface area contributed by atoms with Crippen LogP contribution in [0.1, 0.15) is 46.6 Å². The Labute approximate surface area is 185 Å². The van der Waals surface area contributed by atoms with Gasteiger partial charge >= 0.3 is 5.97 Å². The van der Waals surface area contributed by atoms with Gasteiger partial charge in [-0.1, -0.05) is 29.8 Å². The van der Waals surface area contributed by atoms with E-state index in [4.69, 9.17) is 13.9 Å². The number of furan rings is 1. The van der Waals surface area contributed by atoms with E-state index in [-0.39, 0.29) is 11.4 Å². The lowest BCUT2D eigenvalue weighted by Gasteiger charge is -2.19. The van der Waals surface area contributed by atoms with Crippen molar-refractivity contribution in [1.29, 1.82) is 0 Å². The minimum absolute atomic E-state index is 0.162. The van der Waals surface area contributed by atoms with Crippen LogP contribution < -0.4 is 4.74 Å². The Morgan fingerprint density at radius 1 is 1.16 bits per heavy atom. The molecule has 1 amide bonds. The average Bonchev–Trinajstić information content (AvgIpc) is 3.48. The van der Waals surface area contributed by atoms with E-state index in [2.05, 4.69) is 10.1 Å². The van der Waals surface area contributed by atoms with Crippen LogP contribution in [0.4, 0.5) is 0 Å². The number of amides is 1. The second-order valence-electron chi connectivity index (χ2n) is 7.25. The molecule has 1 atom stereocenters. The maximum Gasteiger partial charge on any atom is 0.344 e. The number of carbonyl (C=O) groups is 2. The summed E-state index contributed by atoms with van der Waals surface area (Å²) in [5, 5.41) is 5.86. The van der Waals surface area contributed by atoms with Crippen molar-refractivity contribution in [2.75, 3.05) is 13.2 Å². The lowest BCUT2D eigenvalue weighted by atomic mass is 10.0. The van der Waals surface area contributed by atoms with E-state index in [9.17, 15) is 9.59 Å². The number of hydrogen-bond donors (Lipinski definition) is 0. The van der Waals surface area contributed by atoms with Crippen LogP contribution in [0.3, 0.4) is 0 Å². The van der Waals surface area contributed by atoms with Crippen molar-refractivity contribution in [3.05, 3.63) is 83.4 Å². The number of hydrazone groups is 1. The molecular formula is C24H23N3O5. The number of hydrogen-bond acceptors (Lipinski definition) is 7. The number of carbonyl (C=O) groups excluding carboxylic acids is 2. The molecule has 0 saturated heterocycles. The van der Waals surface area contributed by atoms with Crippen LogP contribution in [-0.4, -0.2) is 40.8 Å². The number of aromatic nitrogens is 1. The van der Waals surface area contributed by atoms with Crippen LogP contribution in [0, 0.1) is 6.92 Å². The second-order valence-corrected chi connectivity index (χ2v) is 7.25. The van der Waals surface area contributed by atoms with E-state index in [1.54, 1.807) is 37.5 Å². The minimum Gasteiger partial charge on any atom is -0.477 e. The number of aryl methyl sites for hydroxylation is 1. The summed E-state index contributed by atoms with van der Waals surface area (Å²) in [6, 6.07) is 14.2. The van der Waals surface area contributed by atoms with Crippen molar-refractivity contribution in [3.8, 4) is 5.88 Å². The summed E-state index contributed by atoms with van der Waals surface area (Å²) in [5.74, 6) is -0.363. The van der Waals surface area contributed by atoms with Gasteiger partial charge in [-0.05, 0) is 43.7 Å². The van der Waals surface area contributed by atoms with Gasteiger partial charge < -0.3 is 13.9 Å².